The van der Waals surface area contributed by atoms with Gasteiger partial charge in [-0.15, -0.1) is 11.8 Å². The molecule has 0 unspecified atom stereocenters. The molecular formula is C15H14O2S. The molecule has 0 saturated carbocycles. The van der Waals surface area contributed by atoms with Crippen LogP contribution in [0.1, 0.15) is 22.8 Å². The van der Waals surface area contributed by atoms with Gasteiger partial charge in [0.1, 0.15) is 5.75 Å². The lowest BCUT2D eigenvalue weighted by molar-refractivity contribution is 0.101. The van der Waals surface area contributed by atoms with Crippen molar-refractivity contribution in [3.05, 3.63) is 59.7 Å². The number of Topliss-reactive ketones (excluding diaryl/α,β-unsaturated/α-hetero) is 1. The summed E-state index contributed by atoms with van der Waals surface area (Å²) in [5, 5.41) is 9.36. The van der Waals surface area contributed by atoms with Crippen LogP contribution in [-0.2, 0) is 5.75 Å². The molecule has 0 saturated heterocycles. The van der Waals surface area contributed by atoms with Crippen molar-refractivity contribution in [1.29, 1.82) is 0 Å². The first-order valence-corrected chi connectivity index (χ1v) is 6.65. The Kier molecular flexibility index (Phi) is 4.05. The molecule has 0 aromatic heterocycles. The zero-order valence-electron chi connectivity index (χ0n) is 10.1. The Morgan fingerprint density at radius 2 is 1.89 bits per heavy atom. The quantitative estimate of drug-likeness (QED) is 0.668. The van der Waals surface area contributed by atoms with Gasteiger partial charge in [0.2, 0.25) is 0 Å². The van der Waals surface area contributed by atoms with Crippen LogP contribution in [-0.4, -0.2) is 10.9 Å². The first-order chi connectivity index (χ1) is 8.65. The van der Waals surface area contributed by atoms with Crippen molar-refractivity contribution in [1.82, 2.24) is 0 Å². The number of phenolic OH excluding ortho intramolecular Hbond substituents is 1. The smallest absolute Gasteiger partial charge is 0.159 e. The van der Waals surface area contributed by atoms with Crippen molar-refractivity contribution in [2.75, 3.05) is 0 Å². The fraction of sp³-hybridized carbons (Fsp3) is 0.133. The van der Waals surface area contributed by atoms with Gasteiger partial charge in [0.05, 0.1) is 0 Å². The van der Waals surface area contributed by atoms with Gasteiger partial charge >= 0.3 is 0 Å². The highest BCUT2D eigenvalue weighted by Gasteiger charge is 2.00. The molecule has 0 aliphatic carbocycles. The van der Waals surface area contributed by atoms with Crippen LogP contribution in [0, 0.1) is 0 Å². The van der Waals surface area contributed by atoms with Crippen LogP contribution < -0.4 is 0 Å². The van der Waals surface area contributed by atoms with E-state index in [0.717, 1.165) is 21.8 Å². The second-order valence-corrected chi connectivity index (χ2v) is 5.09. The van der Waals surface area contributed by atoms with Gasteiger partial charge in [-0.1, -0.05) is 24.3 Å². The van der Waals surface area contributed by atoms with Crippen LogP contribution in [0.4, 0.5) is 0 Å². The maximum atomic E-state index is 11.1. The minimum atomic E-state index is 0.0829. The van der Waals surface area contributed by atoms with Crippen LogP contribution in [0.15, 0.2) is 53.4 Å². The van der Waals surface area contributed by atoms with E-state index in [1.165, 1.54) is 0 Å². The highest BCUT2D eigenvalue weighted by Crippen LogP contribution is 2.24. The third-order valence-corrected chi connectivity index (χ3v) is 3.66. The Bertz CT molecular complexity index is 547. The van der Waals surface area contributed by atoms with E-state index in [4.69, 9.17) is 0 Å². The number of phenols is 1. The summed E-state index contributed by atoms with van der Waals surface area (Å²) in [6.07, 6.45) is 0. The van der Waals surface area contributed by atoms with Crippen LogP contribution >= 0.6 is 11.8 Å². The molecule has 0 bridgehead atoms. The van der Waals surface area contributed by atoms with Gasteiger partial charge in [-0.3, -0.25) is 4.79 Å². The predicted molar refractivity (Wildman–Crippen MR) is 74.1 cm³/mol. The largest absolute Gasteiger partial charge is 0.508 e. The molecule has 2 rings (SSSR count). The van der Waals surface area contributed by atoms with Gasteiger partial charge in [0, 0.05) is 16.2 Å². The molecule has 1 N–H and O–H groups in total. The van der Waals surface area contributed by atoms with Gasteiger partial charge in [-0.05, 0) is 36.8 Å². The highest BCUT2D eigenvalue weighted by molar-refractivity contribution is 7.98. The summed E-state index contributed by atoms with van der Waals surface area (Å²) in [6, 6.07) is 14.8. The van der Waals surface area contributed by atoms with Crippen molar-refractivity contribution >= 4 is 17.5 Å². The lowest BCUT2D eigenvalue weighted by Crippen LogP contribution is -1.90. The summed E-state index contributed by atoms with van der Waals surface area (Å²) in [4.78, 5) is 12.3. The Morgan fingerprint density at radius 1 is 1.17 bits per heavy atom. The number of hydrogen-bond acceptors (Lipinski definition) is 3. The molecule has 3 heteroatoms. The van der Waals surface area contributed by atoms with Gasteiger partial charge in [-0.2, -0.15) is 0 Å². The highest BCUT2D eigenvalue weighted by atomic mass is 32.2. The molecule has 2 aromatic carbocycles. The van der Waals surface area contributed by atoms with Crippen LogP contribution in [0.3, 0.4) is 0 Å². The number of ketones is 1. The van der Waals surface area contributed by atoms with E-state index in [0.29, 0.717) is 5.75 Å². The molecule has 2 nitrogen and oxygen atoms in total. The van der Waals surface area contributed by atoms with Crippen molar-refractivity contribution in [3.63, 3.8) is 0 Å². The fourth-order valence-corrected chi connectivity index (χ4v) is 2.44. The molecular weight excluding hydrogens is 244 g/mol. The van der Waals surface area contributed by atoms with E-state index in [1.54, 1.807) is 30.8 Å². The van der Waals surface area contributed by atoms with Gasteiger partial charge < -0.3 is 5.11 Å². The molecule has 0 aliphatic heterocycles. The Balaban J connectivity index is 2.00. The third kappa shape index (κ3) is 3.37. The SMILES string of the molecule is CC(=O)c1ccc(SCc2cccc(O)c2)cc1. The van der Waals surface area contributed by atoms with E-state index >= 15 is 0 Å². The third-order valence-electron chi connectivity index (χ3n) is 2.58. The molecule has 18 heavy (non-hydrogen) atoms. The minimum Gasteiger partial charge on any atom is -0.508 e. The molecule has 0 aliphatic rings. The van der Waals surface area contributed by atoms with E-state index in [-0.39, 0.29) is 5.78 Å². The number of carbonyl (C=O) groups is 1. The summed E-state index contributed by atoms with van der Waals surface area (Å²) >= 11 is 1.68. The fourth-order valence-electron chi connectivity index (χ4n) is 1.60. The normalized spacial score (nSPS) is 10.3. The maximum absolute atomic E-state index is 11.1. The molecule has 0 heterocycles. The summed E-state index contributed by atoms with van der Waals surface area (Å²) < 4.78 is 0. The molecule has 0 amide bonds. The minimum absolute atomic E-state index is 0.0829. The summed E-state index contributed by atoms with van der Waals surface area (Å²) in [5.41, 5.74) is 1.81. The summed E-state index contributed by atoms with van der Waals surface area (Å²) in [6.45, 7) is 1.56. The lowest BCUT2D eigenvalue weighted by Gasteiger charge is -2.03. The second-order valence-electron chi connectivity index (χ2n) is 4.04. The molecule has 92 valence electrons. The lowest BCUT2D eigenvalue weighted by atomic mass is 10.2. The standard InChI is InChI=1S/C15H14O2S/c1-11(16)13-5-7-15(8-6-13)18-10-12-3-2-4-14(17)9-12/h2-9,17H,10H2,1H3. The van der Waals surface area contributed by atoms with Gasteiger partial charge in [0.25, 0.3) is 0 Å². The first-order valence-electron chi connectivity index (χ1n) is 5.67. The number of thioether (sulfide) groups is 1. The monoisotopic (exact) mass is 258 g/mol. The molecule has 0 spiro atoms. The zero-order chi connectivity index (χ0) is 13.0. The Hall–Kier alpha value is -1.74. The topological polar surface area (TPSA) is 37.3 Å². The second kappa shape index (κ2) is 5.74. The first kappa shape index (κ1) is 12.7. The number of carbonyl (C=O) groups excluding carboxylic acids is 1. The van der Waals surface area contributed by atoms with Crippen molar-refractivity contribution < 1.29 is 9.90 Å². The van der Waals surface area contributed by atoms with Gasteiger partial charge in [0.15, 0.2) is 5.78 Å². The molecule has 2 aromatic rings. The molecule has 0 radical (unpaired) electrons. The molecule has 0 atom stereocenters. The van der Waals surface area contributed by atoms with Crippen molar-refractivity contribution in [3.8, 4) is 5.75 Å². The number of rotatable bonds is 4. The average molecular weight is 258 g/mol. The molecule has 0 fully saturated rings. The Labute approximate surface area is 111 Å². The van der Waals surface area contributed by atoms with Gasteiger partial charge in [-0.25, -0.2) is 0 Å². The number of aromatic hydroxyl groups is 1. The van der Waals surface area contributed by atoms with E-state index in [1.807, 2.05) is 36.4 Å². The Morgan fingerprint density at radius 3 is 2.50 bits per heavy atom. The van der Waals surface area contributed by atoms with Crippen LogP contribution in [0.2, 0.25) is 0 Å². The number of hydrogen-bond donors (Lipinski definition) is 1. The van der Waals surface area contributed by atoms with E-state index < -0.39 is 0 Å². The van der Waals surface area contributed by atoms with Crippen molar-refractivity contribution in [2.45, 2.75) is 17.6 Å². The number of benzene rings is 2. The zero-order valence-corrected chi connectivity index (χ0v) is 10.9. The van der Waals surface area contributed by atoms with Crippen molar-refractivity contribution in [2.24, 2.45) is 0 Å². The summed E-state index contributed by atoms with van der Waals surface area (Å²) in [7, 11) is 0. The van der Waals surface area contributed by atoms with Crippen LogP contribution in [0.5, 0.6) is 5.75 Å². The van der Waals surface area contributed by atoms with E-state index in [9.17, 15) is 9.90 Å². The average Bonchev–Trinajstić information content (AvgIpc) is 2.37. The van der Waals surface area contributed by atoms with E-state index in [2.05, 4.69) is 0 Å². The summed E-state index contributed by atoms with van der Waals surface area (Å²) in [5.74, 6) is 1.17. The maximum Gasteiger partial charge on any atom is 0.159 e. The predicted octanol–water partition coefficient (Wildman–Crippen LogP) is 3.89. The van der Waals surface area contributed by atoms with Crippen LogP contribution in [0.25, 0.3) is 0 Å².